The summed E-state index contributed by atoms with van der Waals surface area (Å²) < 4.78 is 36.7. The summed E-state index contributed by atoms with van der Waals surface area (Å²) >= 11 is 3.46. The summed E-state index contributed by atoms with van der Waals surface area (Å²) in [4.78, 5) is 15.3. The van der Waals surface area contributed by atoms with Gasteiger partial charge in [0, 0.05) is 23.4 Å². The summed E-state index contributed by atoms with van der Waals surface area (Å²) in [7, 11) is 0. The number of rotatable bonds is 3. The second-order valence-electron chi connectivity index (χ2n) is 7.35. The van der Waals surface area contributed by atoms with Crippen molar-refractivity contribution in [3.8, 4) is 39.9 Å². The summed E-state index contributed by atoms with van der Waals surface area (Å²) in [6, 6.07) is 13.0. The minimum atomic E-state index is -0.846. The van der Waals surface area contributed by atoms with Crippen molar-refractivity contribution in [1.29, 1.82) is 0 Å². The predicted molar refractivity (Wildman–Crippen MR) is 118 cm³/mol. The van der Waals surface area contributed by atoms with E-state index in [1.165, 1.54) is 12.1 Å². The van der Waals surface area contributed by atoms with Crippen LogP contribution < -0.4 is 4.74 Å². The number of benzene rings is 2. The molecule has 1 atom stereocenters. The van der Waals surface area contributed by atoms with Crippen LogP contribution in [0.1, 0.15) is 11.8 Å². The third-order valence-electron chi connectivity index (χ3n) is 5.42. The maximum Gasteiger partial charge on any atom is 0.207 e. The molecule has 0 aliphatic carbocycles. The quantitative estimate of drug-likeness (QED) is 0.328. The number of fused-ring (bicyclic) bond motifs is 3. The van der Waals surface area contributed by atoms with Gasteiger partial charge in [-0.2, -0.15) is 0 Å². The maximum absolute atomic E-state index is 14.6. The van der Waals surface area contributed by atoms with E-state index in [0.29, 0.717) is 16.2 Å². The second kappa shape index (κ2) is 7.16. The Morgan fingerprint density at radius 1 is 1.00 bits per heavy atom. The topological polar surface area (TPSA) is 71.5 Å². The molecule has 0 unspecified atom stereocenters. The third-order valence-corrected chi connectivity index (χ3v) is 6.00. The van der Waals surface area contributed by atoms with Crippen molar-refractivity contribution < 1.29 is 13.5 Å². The van der Waals surface area contributed by atoms with E-state index in [1.807, 2.05) is 36.5 Å². The van der Waals surface area contributed by atoms with Crippen LogP contribution in [-0.4, -0.2) is 24.5 Å². The van der Waals surface area contributed by atoms with E-state index < -0.39 is 17.9 Å². The average molecular weight is 494 g/mol. The molecule has 0 fully saturated rings. The molecule has 0 saturated heterocycles. The van der Waals surface area contributed by atoms with E-state index in [2.05, 4.69) is 35.9 Å². The van der Waals surface area contributed by atoms with Crippen LogP contribution in [0.5, 0.6) is 5.75 Å². The molecule has 0 bridgehead atoms. The van der Waals surface area contributed by atoms with Crippen LogP contribution >= 0.6 is 15.9 Å². The summed E-state index contributed by atoms with van der Waals surface area (Å²) in [5.41, 5.74) is 3.51. The smallest absolute Gasteiger partial charge is 0.207 e. The molecule has 1 aliphatic rings. The molecule has 0 spiro atoms. The van der Waals surface area contributed by atoms with E-state index >= 15 is 0 Å². The first-order valence-electron chi connectivity index (χ1n) is 9.76. The number of H-pyrrole nitrogens is 2. The van der Waals surface area contributed by atoms with E-state index in [9.17, 15) is 8.78 Å². The lowest BCUT2D eigenvalue weighted by Gasteiger charge is -2.29. The van der Waals surface area contributed by atoms with Crippen molar-refractivity contribution in [2.75, 3.05) is 0 Å². The lowest BCUT2D eigenvalue weighted by Crippen LogP contribution is -2.24. The molecule has 9 heteroatoms. The fraction of sp³-hybridized carbons (Fsp3) is 0.0435. The van der Waals surface area contributed by atoms with Gasteiger partial charge in [-0.15, -0.1) is 0 Å². The highest BCUT2D eigenvalue weighted by Gasteiger charge is 2.31. The molecule has 6 rings (SSSR count). The summed E-state index contributed by atoms with van der Waals surface area (Å²) in [5, 5.41) is 0. The van der Waals surface area contributed by atoms with Gasteiger partial charge in [-0.25, -0.2) is 18.7 Å². The van der Waals surface area contributed by atoms with Crippen LogP contribution in [0.4, 0.5) is 8.78 Å². The molecule has 2 N–H and O–H groups in total. The number of hydrogen-bond donors (Lipinski definition) is 2. The molecule has 32 heavy (non-hydrogen) atoms. The van der Waals surface area contributed by atoms with Gasteiger partial charge < -0.3 is 14.7 Å². The van der Waals surface area contributed by atoms with E-state index in [0.717, 1.165) is 34.4 Å². The second-order valence-corrected chi connectivity index (χ2v) is 8.16. The average Bonchev–Trinajstić information content (AvgIpc) is 3.54. The standard InChI is InChI=1S/C23H14BrF2N5O/c24-20-11-29-22-15-5-3-12(18-10-28-21(30-18)17-2-1-7-27-17)8-19(15)32-23(31(20)22)14-6-4-13(25)9-16(14)26/h1-11,23,27H,(H,28,30)/t23-/m0/s1. The fourth-order valence-corrected chi connectivity index (χ4v) is 4.35. The molecular weight excluding hydrogens is 480 g/mol. The van der Waals surface area contributed by atoms with E-state index in [-0.39, 0.29) is 5.56 Å². The minimum Gasteiger partial charge on any atom is -0.465 e. The predicted octanol–water partition coefficient (Wildman–Crippen LogP) is 5.92. The highest BCUT2D eigenvalue weighted by atomic mass is 79.9. The molecule has 6 nitrogen and oxygen atoms in total. The van der Waals surface area contributed by atoms with Crippen LogP contribution in [-0.2, 0) is 0 Å². The van der Waals surface area contributed by atoms with Crippen molar-refractivity contribution in [1.82, 2.24) is 24.5 Å². The number of aromatic amines is 2. The number of halogens is 3. The Hall–Kier alpha value is -3.72. The molecular formula is C23H14BrF2N5O. The van der Waals surface area contributed by atoms with Gasteiger partial charge in [0.1, 0.15) is 27.8 Å². The Morgan fingerprint density at radius 2 is 1.91 bits per heavy atom. The Morgan fingerprint density at radius 3 is 2.72 bits per heavy atom. The van der Waals surface area contributed by atoms with Crippen molar-refractivity contribution in [3.05, 3.63) is 88.9 Å². The van der Waals surface area contributed by atoms with Crippen LogP contribution in [0.15, 0.2) is 71.7 Å². The first-order chi connectivity index (χ1) is 15.6. The Kier molecular flexibility index (Phi) is 4.25. The molecule has 0 radical (unpaired) electrons. The Labute approximate surface area is 189 Å². The van der Waals surface area contributed by atoms with Crippen molar-refractivity contribution >= 4 is 15.9 Å². The third kappa shape index (κ3) is 2.96. The zero-order valence-electron chi connectivity index (χ0n) is 16.3. The largest absolute Gasteiger partial charge is 0.465 e. The van der Waals surface area contributed by atoms with Crippen LogP contribution in [0.3, 0.4) is 0 Å². The van der Waals surface area contributed by atoms with Crippen molar-refractivity contribution in [2.24, 2.45) is 0 Å². The highest BCUT2D eigenvalue weighted by molar-refractivity contribution is 9.10. The number of hydrogen-bond acceptors (Lipinski definition) is 3. The number of nitrogens with one attached hydrogen (secondary N) is 2. The lowest BCUT2D eigenvalue weighted by molar-refractivity contribution is 0.161. The SMILES string of the molecule is Fc1ccc([C@@H]2Oc3cc(-c4cnc(-c5ccc[nH]5)[nH]4)ccc3-c3ncc(Br)n32)c(F)c1. The van der Waals surface area contributed by atoms with Gasteiger partial charge in [0.15, 0.2) is 5.82 Å². The van der Waals surface area contributed by atoms with E-state index in [4.69, 9.17) is 4.74 Å². The zero-order chi connectivity index (χ0) is 21.8. The van der Waals surface area contributed by atoms with Gasteiger partial charge in [-0.05, 0) is 52.3 Å². The van der Waals surface area contributed by atoms with Gasteiger partial charge in [-0.3, -0.25) is 4.57 Å². The van der Waals surface area contributed by atoms with Gasteiger partial charge in [0.2, 0.25) is 6.23 Å². The number of imidazole rings is 2. The van der Waals surface area contributed by atoms with Crippen LogP contribution in [0.2, 0.25) is 0 Å². The van der Waals surface area contributed by atoms with Crippen molar-refractivity contribution in [2.45, 2.75) is 6.23 Å². The zero-order valence-corrected chi connectivity index (χ0v) is 17.9. The first-order valence-corrected chi connectivity index (χ1v) is 10.6. The first kappa shape index (κ1) is 19.0. The molecule has 0 saturated carbocycles. The number of nitrogens with zero attached hydrogens (tertiary/aromatic N) is 3. The summed E-state index contributed by atoms with van der Waals surface area (Å²) in [5.74, 6) is 0.541. The monoisotopic (exact) mass is 493 g/mol. The summed E-state index contributed by atoms with van der Waals surface area (Å²) in [6.45, 7) is 0. The molecule has 0 amide bonds. The molecule has 158 valence electrons. The lowest BCUT2D eigenvalue weighted by atomic mass is 10.1. The Balaban J connectivity index is 1.45. The summed E-state index contributed by atoms with van der Waals surface area (Å²) in [6.07, 6.45) is 4.36. The minimum absolute atomic E-state index is 0.206. The van der Waals surface area contributed by atoms with Crippen LogP contribution in [0.25, 0.3) is 34.2 Å². The molecule has 5 aromatic rings. The number of ether oxygens (including phenoxy) is 1. The molecule has 1 aliphatic heterocycles. The normalized spacial score (nSPS) is 14.7. The van der Waals surface area contributed by atoms with Crippen LogP contribution in [0, 0.1) is 11.6 Å². The van der Waals surface area contributed by atoms with Gasteiger partial charge in [0.05, 0.1) is 29.3 Å². The highest BCUT2D eigenvalue weighted by Crippen LogP contribution is 2.44. The molecule has 3 aromatic heterocycles. The van der Waals surface area contributed by atoms with Gasteiger partial charge in [0.25, 0.3) is 0 Å². The van der Waals surface area contributed by atoms with Crippen molar-refractivity contribution in [3.63, 3.8) is 0 Å². The van der Waals surface area contributed by atoms with E-state index in [1.54, 1.807) is 17.0 Å². The van der Waals surface area contributed by atoms with Gasteiger partial charge in [-0.1, -0.05) is 6.07 Å². The Bertz CT molecular complexity index is 1460. The number of aromatic nitrogens is 5. The maximum atomic E-state index is 14.6. The molecule has 4 heterocycles. The van der Waals surface area contributed by atoms with Gasteiger partial charge >= 0.3 is 0 Å². The molecule has 2 aromatic carbocycles. The fourth-order valence-electron chi connectivity index (χ4n) is 3.89.